The van der Waals surface area contributed by atoms with Crippen LogP contribution in [-0.2, 0) is 11.2 Å². The van der Waals surface area contributed by atoms with Crippen molar-refractivity contribution in [2.75, 3.05) is 0 Å². The molecule has 0 spiro atoms. The van der Waals surface area contributed by atoms with E-state index in [0.717, 1.165) is 16.7 Å². The fourth-order valence-corrected chi connectivity index (χ4v) is 2.69. The van der Waals surface area contributed by atoms with Crippen molar-refractivity contribution in [2.45, 2.75) is 12.5 Å². The van der Waals surface area contributed by atoms with Crippen LogP contribution in [0.2, 0.25) is 0 Å². The highest BCUT2D eigenvalue weighted by Gasteiger charge is 2.19. The lowest BCUT2D eigenvalue weighted by Gasteiger charge is -2.13. The van der Waals surface area contributed by atoms with Gasteiger partial charge in [-0.05, 0) is 5.56 Å². The Bertz CT molecular complexity index is 801. The molecule has 3 aromatic carbocycles. The Labute approximate surface area is 147 Å². The summed E-state index contributed by atoms with van der Waals surface area (Å²) in [6.45, 7) is 0. The van der Waals surface area contributed by atoms with Gasteiger partial charge in [-0.1, -0.05) is 91.0 Å². The number of benzene rings is 3. The van der Waals surface area contributed by atoms with E-state index in [-0.39, 0.29) is 0 Å². The average Bonchev–Trinajstić information content (AvgIpc) is 2.67. The first-order valence-electron chi connectivity index (χ1n) is 8.19. The fourth-order valence-electron chi connectivity index (χ4n) is 2.69. The van der Waals surface area contributed by atoms with Gasteiger partial charge >= 0.3 is 5.97 Å². The lowest BCUT2D eigenvalue weighted by Crippen LogP contribution is -2.23. The Kier molecular flexibility index (Phi) is 5.37. The minimum Gasteiger partial charge on any atom is -0.480 e. The third-order valence-electron chi connectivity index (χ3n) is 3.94. The normalized spacial score (nSPS) is 11.5. The van der Waals surface area contributed by atoms with Crippen molar-refractivity contribution in [3.63, 3.8) is 0 Å². The standard InChI is InChI=1S/C22H19NO2/c24-22(25)20(16-17-10-4-1-5-11-17)23-21(18-12-6-2-7-13-18)19-14-8-3-9-15-19/h1-15,20H,16H2,(H,24,25). The second-order valence-corrected chi connectivity index (χ2v) is 5.75. The zero-order chi connectivity index (χ0) is 17.5. The molecule has 0 aromatic heterocycles. The maximum absolute atomic E-state index is 11.8. The number of carboxylic acid groups (broad SMARTS) is 1. The van der Waals surface area contributed by atoms with Crippen molar-refractivity contribution in [3.8, 4) is 0 Å². The van der Waals surface area contributed by atoms with E-state index in [1.807, 2.05) is 91.0 Å². The minimum atomic E-state index is -0.923. The van der Waals surface area contributed by atoms with Gasteiger partial charge in [-0.25, -0.2) is 4.79 Å². The Morgan fingerprint density at radius 2 is 1.20 bits per heavy atom. The molecule has 0 bridgehead atoms. The number of hydrogen-bond donors (Lipinski definition) is 1. The molecule has 0 aliphatic rings. The molecular formula is C22H19NO2. The lowest BCUT2D eigenvalue weighted by atomic mass is 10.0. The predicted octanol–water partition coefficient (Wildman–Crippen LogP) is 4.22. The van der Waals surface area contributed by atoms with Crippen LogP contribution >= 0.6 is 0 Å². The van der Waals surface area contributed by atoms with E-state index in [2.05, 4.69) is 4.99 Å². The number of carboxylic acids is 1. The number of nitrogens with zero attached hydrogens (tertiary/aromatic N) is 1. The maximum Gasteiger partial charge on any atom is 0.328 e. The highest BCUT2D eigenvalue weighted by atomic mass is 16.4. The summed E-state index contributed by atoms with van der Waals surface area (Å²) in [7, 11) is 0. The van der Waals surface area contributed by atoms with E-state index in [1.165, 1.54) is 0 Å². The molecular weight excluding hydrogens is 310 g/mol. The van der Waals surface area contributed by atoms with Gasteiger partial charge in [0.15, 0.2) is 6.04 Å². The van der Waals surface area contributed by atoms with E-state index in [4.69, 9.17) is 0 Å². The summed E-state index contributed by atoms with van der Waals surface area (Å²) in [6.07, 6.45) is 0.360. The summed E-state index contributed by atoms with van der Waals surface area (Å²) < 4.78 is 0. The number of carbonyl (C=O) groups is 1. The molecule has 0 heterocycles. The summed E-state index contributed by atoms with van der Waals surface area (Å²) in [5, 5.41) is 9.67. The van der Waals surface area contributed by atoms with E-state index in [0.29, 0.717) is 12.1 Å². The maximum atomic E-state index is 11.8. The molecule has 3 rings (SSSR count). The van der Waals surface area contributed by atoms with E-state index in [1.54, 1.807) is 0 Å². The van der Waals surface area contributed by atoms with Crippen molar-refractivity contribution in [3.05, 3.63) is 108 Å². The van der Waals surface area contributed by atoms with Gasteiger partial charge in [0.05, 0.1) is 5.71 Å². The first-order valence-corrected chi connectivity index (χ1v) is 8.19. The minimum absolute atomic E-state index is 0.360. The molecule has 3 nitrogen and oxygen atoms in total. The highest BCUT2D eigenvalue weighted by molar-refractivity contribution is 6.13. The topological polar surface area (TPSA) is 49.7 Å². The van der Waals surface area contributed by atoms with Gasteiger partial charge in [-0.2, -0.15) is 0 Å². The summed E-state index contributed by atoms with van der Waals surface area (Å²) in [6, 6.07) is 28.2. The molecule has 1 unspecified atom stereocenters. The molecule has 0 radical (unpaired) electrons. The Balaban J connectivity index is 2.02. The van der Waals surface area contributed by atoms with Crippen molar-refractivity contribution in [1.29, 1.82) is 0 Å². The van der Waals surface area contributed by atoms with Crippen molar-refractivity contribution in [1.82, 2.24) is 0 Å². The lowest BCUT2D eigenvalue weighted by molar-refractivity contribution is -0.138. The zero-order valence-electron chi connectivity index (χ0n) is 13.7. The number of rotatable bonds is 6. The van der Waals surface area contributed by atoms with Gasteiger partial charge in [-0.15, -0.1) is 0 Å². The Morgan fingerprint density at radius 1 is 0.760 bits per heavy atom. The van der Waals surface area contributed by atoms with Crippen LogP contribution in [-0.4, -0.2) is 22.8 Å². The fraction of sp³-hybridized carbons (Fsp3) is 0.0909. The molecule has 3 aromatic rings. The summed E-state index contributed by atoms with van der Waals surface area (Å²) in [5.74, 6) is -0.923. The third kappa shape index (κ3) is 4.42. The summed E-state index contributed by atoms with van der Waals surface area (Å²) >= 11 is 0. The van der Waals surface area contributed by atoms with Crippen LogP contribution in [0.25, 0.3) is 0 Å². The monoisotopic (exact) mass is 329 g/mol. The molecule has 0 aliphatic carbocycles. The van der Waals surface area contributed by atoms with Gasteiger partial charge in [0.1, 0.15) is 0 Å². The van der Waals surface area contributed by atoms with Gasteiger partial charge < -0.3 is 5.11 Å². The Morgan fingerprint density at radius 3 is 1.64 bits per heavy atom. The molecule has 1 atom stereocenters. The second-order valence-electron chi connectivity index (χ2n) is 5.75. The molecule has 25 heavy (non-hydrogen) atoms. The second kappa shape index (κ2) is 8.06. The van der Waals surface area contributed by atoms with Crippen LogP contribution in [0, 0.1) is 0 Å². The van der Waals surface area contributed by atoms with Crippen LogP contribution < -0.4 is 0 Å². The first-order chi connectivity index (χ1) is 12.2. The quantitative estimate of drug-likeness (QED) is 0.688. The number of hydrogen-bond acceptors (Lipinski definition) is 2. The summed E-state index contributed by atoms with van der Waals surface area (Å²) in [4.78, 5) is 16.4. The van der Waals surface area contributed by atoms with E-state index in [9.17, 15) is 9.90 Å². The molecule has 0 fully saturated rings. The molecule has 0 amide bonds. The van der Waals surface area contributed by atoms with Crippen LogP contribution in [0.3, 0.4) is 0 Å². The van der Waals surface area contributed by atoms with Gasteiger partial charge in [0, 0.05) is 17.5 Å². The van der Waals surface area contributed by atoms with Gasteiger partial charge in [0.2, 0.25) is 0 Å². The first kappa shape index (κ1) is 16.7. The molecule has 0 saturated carbocycles. The number of aliphatic imine (C=N–C) groups is 1. The van der Waals surface area contributed by atoms with Crippen molar-refractivity contribution < 1.29 is 9.90 Å². The predicted molar refractivity (Wildman–Crippen MR) is 100 cm³/mol. The highest BCUT2D eigenvalue weighted by Crippen LogP contribution is 2.14. The van der Waals surface area contributed by atoms with E-state index < -0.39 is 12.0 Å². The van der Waals surface area contributed by atoms with Crippen molar-refractivity contribution >= 4 is 11.7 Å². The summed E-state index contributed by atoms with van der Waals surface area (Å²) in [5.41, 5.74) is 3.48. The third-order valence-corrected chi connectivity index (χ3v) is 3.94. The van der Waals surface area contributed by atoms with Crippen LogP contribution in [0.4, 0.5) is 0 Å². The van der Waals surface area contributed by atoms with Crippen LogP contribution in [0.5, 0.6) is 0 Å². The largest absolute Gasteiger partial charge is 0.480 e. The molecule has 1 N–H and O–H groups in total. The van der Waals surface area contributed by atoms with Crippen LogP contribution in [0.15, 0.2) is 96.0 Å². The SMILES string of the molecule is O=C(O)C(Cc1ccccc1)N=C(c1ccccc1)c1ccccc1. The van der Waals surface area contributed by atoms with Crippen molar-refractivity contribution in [2.24, 2.45) is 4.99 Å². The number of aliphatic carboxylic acids is 1. The average molecular weight is 329 g/mol. The molecule has 3 heteroatoms. The molecule has 124 valence electrons. The Hall–Kier alpha value is -3.20. The molecule has 0 saturated heterocycles. The molecule has 0 aliphatic heterocycles. The van der Waals surface area contributed by atoms with Gasteiger partial charge in [0.25, 0.3) is 0 Å². The van der Waals surface area contributed by atoms with Gasteiger partial charge in [-0.3, -0.25) is 4.99 Å². The zero-order valence-corrected chi connectivity index (χ0v) is 13.7. The smallest absolute Gasteiger partial charge is 0.328 e. The van der Waals surface area contributed by atoms with E-state index >= 15 is 0 Å². The van der Waals surface area contributed by atoms with Crippen LogP contribution in [0.1, 0.15) is 16.7 Å².